The van der Waals surface area contributed by atoms with Crippen LogP contribution >= 0.6 is 0 Å². The summed E-state index contributed by atoms with van der Waals surface area (Å²) in [5, 5.41) is 0. The van der Waals surface area contributed by atoms with E-state index in [1.54, 1.807) is 0 Å². The van der Waals surface area contributed by atoms with Gasteiger partial charge in [0.1, 0.15) is 8.07 Å². The van der Waals surface area contributed by atoms with E-state index in [0.29, 0.717) is 0 Å². The monoisotopic (exact) mass is 536 g/mol. The Balaban J connectivity index is 1.29. The standard InChI is InChI=1S/C37H36N2Si/c1-40(2,3)23-22-33-25-31(16-14-29-18-20-36(38-27-29)34-10-6-4-7-11-34)24-32(26-33)17-15-30-19-21-37(39-28-30)35-12-8-5-9-13-35/h4-13,18-21,24-28H,14-17H2,1-3H3. The Bertz CT molecular complexity index is 1480. The number of rotatable bonds is 8. The molecular weight excluding hydrogens is 501 g/mol. The molecule has 5 aromatic rings. The van der Waals surface area contributed by atoms with Gasteiger partial charge in [0.15, 0.2) is 0 Å². The third-order valence-corrected chi connectivity index (χ3v) is 7.70. The Morgan fingerprint density at radius 2 is 0.975 bits per heavy atom. The number of pyridine rings is 2. The highest BCUT2D eigenvalue weighted by molar-refractivity contribution is 6.83. The lowest BCUT2D eigenvalue weighted by atomic mass is 9.97. The summed E-state index contributed by atoms with van der Waals surface area (Å²) in [5.41, 5.74) is 14.2. The van der Waals surface area contributed by atoms with Crippen molar-refractivity contribution >= 4 is 8.07 Å². The van der Waals surface area contributed by atoms with Crippen LogP contribution in [0, 0.1) is 11.5 Å². The van der Waals surface area contributed by atoms with Crippen LogP contribution in [-0.2, 0) is 25.7 Å². The van der Waals surface area contributed by atoms with Crippen molar-refractivity contribution in [3.63, 3.8) is 0 Å². The van der Waals surface area contributed by atoms with E-state index >= 15 is 0 Å². The second-order valence-corrected chi connectivity index (χ2v) is 16.1. The van der Waals surface area contributed by atoms with Crippen LogP contribution in [0.5, 0.6) is 0 Å². The largest absolute Gasteiger partial charge is 0.256 e. The van der Waals surface area contributed by atoms with Crippen molar-refractivity contribution in [2.75, 3.05) is 0 Å². The first-order chi connectivity index (χ1) is 19.4. The molecule has 0 aliphatic rings. The molecule has 0 bridgehead atoms. The van der Waals surface area contributed by atoms with Gasteiger partial charge in [-0.25, -0.2) is 0 Å². The van der Waals surface area contributed by atoms with Crippen LogP contribution in [0.3, 0.4) is 0 Å². The molecule has 0 amide bonds. The quantitative estimate of drug-likeness (QED) is 0.147. The summed E-state index contributed by atoms with van der Waals surface area (Å²) < 4.78 is 0. The molecule has 5 rings (SSSR count). The van der Waals surface area contributed by atoms with Crippen molar-refractivity contribution in [2.24, 2.45) is 0 Å². The average molecular weight is 537 g/mol. The summed E-state index contributed by atoms with van der Waals surface area (Å²) in [6.07, 6.45) is 7.88. The maximum atomic E-state index is 4.72. The molecule has 198 valence electrons. The first-order valence-electron chi connectivity index (χ1n) is 14.1. The number of benzene rings is 3. The van der Waals surface area contributed by atoms with Gasteiger partial charge in [0.2, 0.25) is 0 Å². The lowest BCUT2D eigenvalue weighted by molar-refractivity contribution is 0.922. The molecule has 2 nitrogen and oxygen atoms in total. The molecule has 0 aliphatic carbocycles. The average Bonchev–Trinajstić information content (AvgIpc) is 2.99. The minimum Gasteiger partial charge on any atom is -0.256 e. The van der Waals surface area contributed by atoms with E-state index in [4.69, 9.17) is 9.97 Å². The van der Waals surface area contributed by atoms with Crippen LogP contribution < -0.4 is 0 Å². The number of hydrogen-bond acceptors (Lipinski definition) is 2. The van der Waals surface area contributed by atoms with Crippen LogP contribution in [0.4, 0.5) is 0 Å². The Morgan fingerprint density at radius 3 is 1.38 bits per heavy atom. The number of nitrogens with zero attached hydrogens (tertiary/aromatic N) is 2. The molecule has 0 aliphatic heterocycles. The second-order valence-electron chi connectivity index (χ2n) is 11.4. The molecule has 0 saturated heterocycles. The van der Waals surface area contributed by atoms with Crippen LogP contribution in [0.2, 0.25) is 19.6 Å². The van der Waals surface area contributed by atoms with Gasteiger partial charge in [-0.15, -0.1) is 5.54 Å². The van der Waals surface area contributed by atoms with E-state index in [1.807, 2.05) is 24.5 Å². The SMILES string of the molecule is C[Si](C)(C)C#Cc1cc(CCc2ccc(-c3ccccc3)nc2)cc(CCc2ccc(-c3ccccc3)nc2)c1. The van der Waals surface area contributed by atoms with E-state index in [0.717, 1.165) is 53.8 Å². The van der Waals surface area contributed by atoms with Crippen LogP contribution in [0.1, 0.15) is 27.8 Å². The van der Waals surface area contributed by atoms with Crippen molar-refractivity contribution in [1.29, 1.82) is 0 Å². The third kappa shape index (κ3) is 7.88. The summed E-state index contributed by atoms with van der Waals surface area (Å²) in [5.74, 6) is 3.50. The maximum absolute atomic E-state index is 4.72. The molecular formula is C37H36N2Si. The predicted molar refractivity (Wildman–Crippen MR) is 171 cm³/mol. The van der Waals surface area contributed by atoms with Crippen LogP contribution in [0.15, 0.2) is 116 Å². The van der Waals surface area contributed by atoms with Crippen molar-refractivity contribution in [2.45, 2.75) is 45.3 Å². The molecule has 2 aromatic heterocycles. The lowest BCUT2D eigenvalue weighted by Gasteiger charge is -2.10. The zero-order valence-electron chi connectivity index (χ0n) is 23.7. The summed E-state index contributed by atoms with van der Waals surface area (Å²) in [7, 11) is -1.46. The van der Waals surface area contributed by atoms with E-state index in [2.05, 4.69) is 122 Å². The van der Waals surface area contributed by atoms with Crippen molar-refractivity contribution < 1.29 is 0 Å². The van der Waals surface area contributed by atoms with E-state index in [1.165, 1.54) is 22.3 Å². The first-order valence-corrected chi connectivity index (χ1v) is 17.6. The van der Waals surface area contributed by atoms with Gasteiger partial charge in [-0.2, -0.15) is 0 Å². The zero-order valence-corrected chi connectivity index (χ0v) is 24.7. The summed E-state index contributed by atoms with van der Waals surface area (Å²) >= 11 is 0. The summed E-state index contributed by atoms with van der Waals surface area (Å²) in [6.45, 7) is 6.88. The fourth-order valence-corrected chi connectivity index (χ4v) is 5.18. The molecule has 0 spiro atoms. The molecule has 0 N–H and O–H groups in total. The molecule has 0 radical (unpaired) electrons. The number of aryl methyl sites for hydroxylation is 4. The Morgan fingerprint density at radius 1 is 0.525 bits per heavy atom. The third-order valence-electron chi connectivity index (χ3n) is 6.83. The minimum atomic E-state index is -1.46. The van der Waals surface area contributed by atoms with Gasteiger partial charge in [0.05, 0.1) is 11.4 Å². The molecule has 2 heterocycles. The van der Waals surface area contributed by atoms with Gasteiger partial charge in [-0.1, -0.05) is 104 Å². The van der Waals surface area contributed by atoms with E-state index in [-0.39, 0.29) is 0 Å². The minimum absolute atomic E-state index is 0.956. The zero-order chi connectivity index (χ0) is 27.8. The molecule has 40 heavy (non-hydrogen) atoms. The van der Waals surface area contributed by atoms with Gasteiger partial charge in [-0.3, -0.25) is 9.97 Å². The molecule has 0 saturated carbocycles. The van der Waals surface area contributed by atoms with Crippen molar-refractivity contribution in [1.82, 2.24) is 9.97 Å². The highest BCUT2D eigenvalue weighted by Gasteiger charge is 2.09. The van der Waals surface area contributed by atoms with Crippen molar-refractivity contribution in [3.05, 3.63) is 143 Å². The Labute approximate surface area is 240 Å². The smallest absolute Gasteiger partial charge is 0.129 e. The molecule has 0 unspecified atom stereocenters. The highest BCUT2D eigenvalue weighted by Crippen LogP contribution is 2.20. The molecule has 3 aromatic carbocycles. The molecule has 0 fully saturated rings. The van der Waals surface area contributed by atoms with Gasteiger partial charge in [-0.05, 0) is 72.2 Å². The van der Waals surface area contributed by atoms with Gasteiger partial charge in [0.25, 0.3) is 0 Å². The van der Waals surface area contributed by atoms with Gasteiger partial charge >= 0.3 is 0 Å². The van der Waals surface area contributed by atoms with E-state index < -0.39 is 8.07 Å². The summed E-state index contributed by atoms with van der Waals surface area (Å²) in [4.78, 5) is 9.44. The first kappa shape index (κ1) is 27.3. The normalized spacial score (nSPS) is 11.1. The number of hydrogen-bond donors (Lipinski definition) is 0. The van der Waals surface area contributed by atoms with Crippen molar-refractivity contribution in [3.8, 4) is 34.0 Å². The highest BCUT2D eigenvalue weighted by atomic mass is 28.3. The van der Waals surface area contributed by atoms with Crippen LogP contribution in [0.25, 0.3) is 22.5 Å². The van der Waals surface area contributed by atoms with Gasteiger partial charge in [0, 0.05) is 29.1 Å². The topological polar surface area (TPSA) is 25.8 Å². The van der Waals surface area contributed by atoms with Crippen LogP contribution in [-0.4, -0.2) is 18.0 Å². The van der Waals surface area contributed by atoms with E-state index in [9.17, 15) is 0 Å². The predicted octanol–water partition coefficient (Wildman–Crippen LogP) is 8.61. The molecule has 0 atom stereocenters. The molecule has 3 heteroatoms. The summed E-state index contributed by atoms with van der Waals surface area (Å²) in [6, 6.07) is 36.3. The fourth-order valence-electron chi connectivity index (χ4n) is 4.66. The second kappa shape index (κ2) is 12.7. The lowest BCUT2D eigenvalue weighted by Crippen LogP contribution is -2.16. The van der Waals surface area contributed by atoms with Gasteiger partial charge < -0.3 is 0 Å². The maximum Gasteiger partial charge on any atom is 0.129 e. The Hall–Kier alpha value is -4.26. The fraction of sp³-hybridized carbons (Fsp3) is 0.189. The number of aromatic nitrogens is 2. The Kier molecular flexibility index (Phi) is 8.69.